The molecule has 1 aromatic carbocycles. The lowest BCUT2D eigenvalue weighted by Gasteiger charge is -2.22. The van der Waals surface area contributed by atoms with Gasteiger partial charge in [-0.15, -0.1) is 0 Å². The molecule has 0 bridgehead atoms. The van der Waals surface area contributed by atoms with Gasteiger partial charge in [-0.1, -0.05) is 17.3 Å². The first-order valence-corrected chi connectivity index (χ1v) is 8.80. The Hall–Kier alpha value is -1.83. The molecule has 7 heteroatoms. The van der Waals surface area contributed by atoms with E-state index in [1.165, 1.54) is 12.1 Å². The summed E-state index contributed by atoms with van der Waals surface area (Å²) in [6, 6.07) is 7.49. The van der Waals surface area contributed by atoms with Gasteiger partial charge in [-0.3, -0.25) is 15.8 Å². The Morgan fingerprint density at radius 2 is 2.08 bits per heavy atom. The van der Waals surface area contributed by atoms with Crippen LogP contribution < -0.4 is 10.9 Å². The van der Waals surface area contributed by atoms with Gasteiger partial charge < -0.3 is 4.52 Å². The fourth-order valence-corrected chi connectivity index (χ4v) is 3.18. The Balaban J connectivity index is 1.41. The fraction of sp³-hybridized carbons (Fsp3) is 0.556. The van der Waals surface area contributed by atoms with Crippen molar-refractivity contribution in [1.82, 2.24) is 25.9 Å². The quantitative estimate of drug-likeness (QED) is 0.803. The summed E-state index contributed by atoms with van der Waals surface area (Å²) in [4.78, 5) is 6.53. The number of hydrogen-bond donors (Lipinski definition) is 2. The van der Waals surface area contributed by atoms with Crippen LogP contribution >= 0.6 is 0 Å². The zero-order chi connectivity index (χ0) is 17.8. The van der Waals surface area contributed by atoms with E-state index in [-0.39, 0.29) is 17.9 Å². The number of aromatic nitrogens is 2. The van der Waals surface area contributed by atoms with Gasteiger partial charge in [0.2, 0.25) is 5.89 Å². The minimum Gasteiger partial charge on any atom is -0.338 e. The van der Waals surface area contributed by atoms with Crippen LogP contribution in [0.2, 0.25) is 0 Å². The van der Waals surface area contributed by atoms with E-state index in [4.69, 9.17) is 4.52 Å². The highest BCUT2D eigenvalue weighted by Crippen LogP contribution is 2.25. The minimum absolute atomic E-state index is 0.114. The van der Waals surface area contributed by atoms with Crippen LogP contribution in [0.5, 0.6) is 0 Å². The molecule has 25 heavy (non-hydrogen) atoms. The molecule has 1 aromatic heterocycles. The molecule has 136 valence electrons. The molecule has 0 radical (unpaired) electrons. The number of halogens is 1. The first-order chi connectivity index (χ1) is 12.0. The topological polar surface area (TPSA) is 66.2 Å². The molecule has 1 fully saturated rings. The normalized spacial score (nSPS) is 21.8. The van der Waals surface area contributed by atoms with E-state index in [9.17, 15) is 4.39 Å². The highest BCUT2D eigenvalue weighted by Gasteiger charge is 2.25. The highest BCUT2D eigenvalue weighted by molar-refractivity contribution is 5.20. The molecule has 0 spiro atoms. The Morgan fingerprint density at radius 3 is 2.76 bits per heavy atom. The third kappa shape index (κ3) is 4.62. The highest BCUT2D eigenvalue weighted by atomic mass is 19.1. The van der Waals surface area contributed by atoms with Gasteiger partial charge in [0.05, 0.1) is 6.04 Å². The lowest BCUT2D eigenvalue weighted by Crippen LogP contribution is -2.31. The zero-order valence-corrected chi connectivity index (χ0v) is 15.0. The molecule has 1 aliphatic rings. The van der Waals surface area contributed by atoms with Gasteiger partial charge in [0.1, 0.15) is 5.82 Å². The van der Waals surface area contributed by atoms with Gasteiger partial charge in [0.15, 0.2) is 5.82 Å². The second-order valence-electron chi connectivity index (χ2n) is 6.80. The third-order valence-electron chi connectivity index (χ3n) is 4.88. The van der Waals surface area contributed by atoms with E-state index in [0.29, 0.717) is 17.8 Å². The summed E-state index contributed by atoms with van der Waals surface area (Å²) in [5, 5.41) is 3.85. The van der Waals surface area contributed by atoms with Crippen molar-refractivity contribution >= 4 is 0 Å². The van der Waals surface area contributed by atoms with E-state index in [2.05, 4.69) is 39.9 Å². The average Bonchev–Trinajstić information content (AvgIpc) is 3.24. The Kier molecular flexibility index (Phi) is 5.78. The van der Waals surface area contributed by atoms with E-state index in [1.54, 1.807) is 0 Å². The van der Waals surface area contributed by atoms with Crippen molar-refractivity contribution in [3.63, 3.8) is 0 Å². The van der Waals surface area contributed by atoms with Gasteiger partial charge in [0, 0.05) is 12.1 Å². The van der Waals surface area contributed by atoms with Crippen molar-refractivity contribution < 1.29 is 8.91 Å². The summed E-state index contributed by atoms with van der Waals surface area (Å²) < 4.78 is 18.3. The van der Waals surface area contributed by atoms with Crippen molar-refractivity contribution in [1.29, 1.82) is 0 Å². The van der Waals surface area contributed by atoms with Crippen LogP contribution in [0.4, 0.5) is 4.39 Å². The summed E-state index contributed by atoms with van der Waals surface area (Å²) in [5.41, 5.74) is 7.79. The molecular weight excluding hydrogens is 321 g/mol. The standard InChI is InChI=1S/C18H26FN5O/c1-12(18-20-13(2)23-25-18)24(3)10-4-5-16-11-17(22-21-16)14-6-8-15(19)9-7-14/h6-9,12,16-17,21-22H,4-5,10-11H2,1-3H3. The van der Waals surface area contributed by atoms with E-state index in [1.807, 2.05) is 19.1 Å². The maximum Gasteiger partial charge on any atom is 0.243 e. The molecule has 2 N–H and O–H groups in total. The Labute approximate surface area is 147 Å². The number of rotatable bonds is 7. The third-order valence-corrected chi connectivity index (χ3v) is 4.88. The van der Waals surface area contributed by atoms with E-state index < -0.39 is 0 Å². The van der Waals surface area contributed by atoms with Crippen LogP contribution in [-0.4, -0.2) is 34.7 Å². The van der Waals surface area contributed by atoms with Crippen LogP contribution in [0.1, 0.15) is 55.5 Å². The van der Waals surface area contributed by atoms with Crippen molar-refractivity contribution in [2.24, 2.45) is 0 Å². The second kappa shape index (κ2) is 8.03. The van der Waals surface area contributed by atoms with Crippen molar-refractivity contribution in [2.75, 3.05) is 13.6 Å². The molecule has 3 rings (SSSR count). The van der Waals surface area contributed by atoms with Gasteiger partial charge in [0.25, 0.3) is 0 Å². The molecule has 3 unspecified atom stereocenters. The maximum absolute atomic E-state index is 13.0. The summed E-state index contributed by atoms with van der Waals surface area (Å²) >= 11 is 0. The monoisotopic (exact) mass is 347 g/mol. The summed E-state index contributed by atoms with van der Waals surface area (Å²) in [5.74, 6) is 1.14. The number of hydrazine groups is 1. The molecular formula is C18H26FN5O. The number of nitrogens with one attached hydrogen (secondary N) is 2. The molecule has 0 amide bonds. The van der Waals surface area contributed by atoms with Crippen LogP contribution in [-0.2, 0) is 0 Å². The molecule has 0 aliphatic carbocycles. The number of benzene rings is 1. The molecule has 2 heterocycles. The molecule has 2 aromatic rings. The molecule has 1 saturated heterocycles. The van der Waals surface area contributed by atoms with Crippen LogP contribution in [0.25, 0.3) is 0 Å². The van der Waals surface area contributed by atoms with Crippen molar-refractivity contribution in [3.05, 3.63) is 47.4 Å². The summed E-state index contributed by atoms with van der Waals surface area (Å²) in [6.45, 7) is 4.87. The molecule has 0 saturated carbocycles. The number of nitrogens with zero attached hydrogens (tertiary/aromatic N) is 3. The minimum atomic E-state index is -0.195. The SMILES string of the molecule is Cc1noc(C(C)N(C)CCCC2CC(c3ccc(F)cc3)NN2)n1. The van der Waals surface area contributed by atoms with Gasteiger partial charge in [-0.2, -0.15) is 4.98 Å². The predicted octanol–water partition coefficient (Wildman–Crippen LogP) is 2.90. The Morgan fingerprint density at radius 1 is 1.32 bits per heavy atom. The van der Waals surface area contributed by atoms with Crippen molar-refractivity contribution in [2.45, 2.75) is 51.2 Å². The maximum atomic E-state index is 13.0. The number of aryl methyl sites for hydroxylation is 1. The molecule has 6 nitrogen and oxygen atoms in total. The first kappa shape index (κ1) is 18.0. The van der Waals surface area contributed by atoms with Gasteiger partial charge >= 0.3 is 0 Å². The summed E-state index contributed by atoms with van der Waals surface area (Å²) in [6.07, 6.45) is 3.15. The van der Waals surface area contributed by atoms with Crippen LogP contribution in [0.15, 0.2) is 28.8 Å². The fourth-order valence-electron chi connectivity index (χ4n) is 3.18. The van der Waals surface area contributed by atoms with Gasteiger partial charge in [-0.25, -0.2) is 4.39 Å². The molecule has 1 aliphatic heterocycles. The van der Waals surface area contributed by atoms with Crippen LogP contribution in [0.3, 0.4) is 0 Å². The smallest absolute Gasteiger partial charge is 0.243 e. The van der Waals surface area contributed by atoms with Crippen molar-refractivity contribution in [3.8, 4) is 0 Å². The first-order valence-electron chi connectivity index (χ1n) is 8.80. The van der Waals surface area contributed by atoms with Gasteiger partial charge in [-0.05, 0) is 64.4 Å². The molecule has 3 atom stereocenters. The lowest BCUT2D eigenvalue weighted by atomic mass is 9.99. The lowest BCUT2D eigenvalue weighted by molar-refractivity contribution is 0.204. The average molecular weight is 347 g/mol. The Bertz CT molecular complexity index is 674. The van der Waals surface area contributed by atoms with E-state index >= 15 is 0 Å². The predicted molar refractivity (Wildman–Crippen MR) is 93.1 cm³/mol. The zero-order valence-electron chi connectivity index (χ0n) is 15.0. The van der Waals surface area contributed by atoms with Crippen LogP contribution in [0, 0.1) is 12.7 Å². The summed E-state index contributed by atoms with van der Waals surface area (Å²) in [7, 11) is 2.08. The second-order valence-corrected chi connectivity index (χ2v) is 6.80. The largest absolute Gasteiger partial charge is 0.338 e. The van der Waals surface area contributed by atoms with E-state index in [0.717, 1.165) is 31.4 Å². The number of hydrogen-bond acceptors (Lipinski definition) is 6.